The van der Waals surface area contributed by atoms with Crippen molar-refractivity contribution in [1.29, 1.82) is 0 Å². The average Bonchev–Trinajstić information content (AvgIpc) is 3.08. The van der Waals surface area contributed by atoms with Gasteiger partial charge in [-0.25, -0.2) is 0 Å². The van der Waals surface area contributed by atoms with Crippen molar-refractivity contribution in [2.24, 2.45) is 5.92 Å². The van der Waals surface area contributed by atoms with Crippen molar-refractivity contribution < 1.29 is 14.0 Å². The SMILES string of the molecule is CC(C)(C)O[C@H]1CCN2C(=O)[C@@H](CO[Si](c3ccccc3)(c3ccccc3)C(C)(C)C)[C@H]12. The van der Waals surface area contributed by atoms with Crippen molar-refractivity contribution in [3.8, 4) is 0 Å². The number of carbonyl (C=O) groups excluding carboxylic acids is 1. The van der Waals surface area contributed by atoms with E-state index in [1.807, 2.05) is 4.90 Å². The fraction of sp³-hybridized carbons (Fsp3) is 0.519. The molecule has 32 heavy (non-hydrogen) atoms. The molecule has 0 aromatic heterocycles. The molecular formula is C27H37NO3Si. The largest absolute Gasteiger partial charge is 0.407 e. The second-order valence-corrected chi connectivity index (χ2v) is 15.5. The molecule has 2 saturated heterocycles. The van der Waals surface area contributed by atoms with Crippen LogP contribution in [0.25, 0.3) is 0 Å². The fourth-order valence-electron chi connectivity index (χ4n) is 5.53. The highest BCUT2D eigenvalue weighted by molar-refractivity contribution is 6.99. The van der Waals surface area contributed by atoms with Crippen LogP contribution in [0.2, 0.25) is 5.04 Å². The quantitative estimate of drug-likeness (QED) is 0.493. The number of nitrogens with zero attached hydrogens (tertiary/aromatic N) is 1. The number of fused-ring (bicyclic) bond motifs is 1. The predicted molar refractivity (Wildman–Crippen MR) is 132 cm³/mol. The van der Waals surface area contributed by atoms with E-state index in [-0.39, 0.29) is 34.6 Å². The minimum absolute atomic E-state index is 0.0838. The first-order valence-corrected chi connectivity index (χ1v) is 13.7. The standard InChI is InChI=1S/C27H37NO3Si/c1-26(2,3)31-23-17-18-28-24(23)22(25(28)29)19-30-32(27(4,5)6,20-13-9-7-10-14-20)21-15-11-8-12-16-21/h7-16,22-24H,17-19H2,1-6H3/t22-,23-,24+/m0/s1. The monoisotopic (exact) mass is 451 g/mol. The molecule has 3 atom stereocenters. The van der Waals surface area contributed by atoms with Crippen LogP contribution in [0, 0.1) is 5.92 Å². The molecule has 0 saturated carbocycles. The van der Waals surface area contributed by atoms with E-state index >= 15 is 0 Å². The summed E-state index contributed by atoms with van der Waals surface area (Å²) in [6, 6.07) is 21.4. The number of ether oxygens (including phenoxy) is 1. The first-order chi connectivity index (χ1) is 15.0. The predicted octanol–water partition coefficient (Wildman–Crippen LogP) is 3.98. The highest BCUT2D eigenvalue weighted by Gasteiger charge is 2.58. The van der Waals surface area contributed by atoms with Crippen molar-refractivity contribution in [1.82, 2.24) is 4.90 Å². The van der Waals surface area contributed by atoms with Crippen LogP contribution in [0.15, 0.2) is 60.7 Å². The van der Waals surface area contributed by atoms with Gasteiger partial charge in [0.25, 0.3) is 8.32 Å². The van der Waals surface area contributed by atoms with E-state index < -0.39 is 8.32 Å². The summed E-state index contributed by atoms with van der Waals surface area (Å²) in [6.07, 6.45) is 0.990. The topological polar surface area (TPSA) is 38.8 Å². The summed E-state index contributed by atoms with van der Waals surface area (Å²) in [5, 5.41) is 2.40. The molecule has 0 N–H and O–H groups in total. The van der Waals surface area contributed by atoms with Gasteiger partial charge >= 0.3 is 0 Å². The first kappa shape index (κ1) is 23.2. The van der Waals surface area contributed by atoms with Crippen LogP contribution >= 0.6 is 0 Å². The number of rotatable bonds is 6. The Kier molecular flexibility index (Phi) is 6.12. The Morgan fingerprint density at radius 1 is 0.906 bits per heavy atom. The molecule has 2 aliphatic heterocycles. The summed E-state index contributed by atoms with van der Waals surface area (Å²) >= 11 is 0. The van der Waals surface area contributed by atoms with Crippen molar-refractivity contribution in [3.63, 3.8) is 0 Å². The molecule has 4 rings (SSSR count). The van der Waals surface area contributed by atoms with Crippen LogP contribution in [0.1, 0.15) is 48.0 Å². The smallest absolute Gasteiger partial charge is 0.261 e. The summed E-state index contributed by atoms with van der Waals surface area (Å²) in [7, 11) is -2.65. The highest BCUT2D eigenvalue weighted by atomic mass is 28.4. The Balaban J connectivity index is 1.66. The number of amides is 1. The second kappa shape index (κ2) is 8.43. The highest BCUT2D eigenvalue weighted by Crippen LogP contribution is 2.42. The van der Waals surface area contributed by atoms with E-state index in [0.29, 0.717) is 6.61 Å². The van der Waals surface area contributed by atoms with Gasteiger partial charge in [-0.2, -0.15) is 0 Å². The summed E-state index contributed by atoms with van der Waals surface area (Å²) in [5.41, 5.74) is -0.220. The van der Waals surface area contributed by atoms with E-state index in [1.54, 1.807) is 0 Å². The second-order valence-electron chi connectivity index (χ2n) is 11.2. The van der Waals surface area contributed by atoms with E-state index in [1.165, 1.54) is 10.4 Å². The van der Waals surface area contributed by atoms with E-state index in [9.17, 15) is 4.79 Å². The van der Waals surface area contributed by atoms with Gasteiger partial charge in [-0.05, 0) is 42.6 Å². The molecule has 2 fully saturated rings. The van der Waals surface area contributed by atoms with Crippen molar-refractivity contribution in [2.75, 3.05) is 13.2 Å². The molecule has 2 aromatic carbocycles. The number of benzene rings is 2. The third-order valence-corrected chi connectivity index (χ3v) is 11.8. The van der Waals surface area contributed by atoms with Gasteiger partial charge in [0, 0.05) is 13.2 Å². The lowest BCUT2D eigenvalue weighted by molar-refractivity contribution is -0.166. The van der Waals surface area contributed by atoms with Crippen molar-refractivity contribution >= 4 is 24.6 Å². The lowest BCUT2D eigenvalue weighted by Gasteiger charge is -2.48. The summed E-state index contributed by atoms with van der Waals surface area (Å²) in [6.45, 7) is 14.3. The van der Waals surface area contributed by atoms with Crippen LogP contribution in [0.3, 0.4) is 0 Å². The Morgan fingerprint density at radius 3 is 1.91 bits per heavy atom. The molecule has 2 heterocycles. The zero-order chi connectivity index (χ0) is 23.1. The van der Waals surface area contributed by atoms with E-state index in [4.69, 9.17) is 9.16 Å². The number of hydrogen-bond donors (Lipinski definition) is 0. The van der Waals surface area contributed by atoms with Gasteiger partial charge in [-0.3, -0.25) is 4.79 Å². The number of hydrogen-bond acceptors (Lipinski definition) is 3. The molecule has 2 aromatic rings. The lowest BCUT2D eigenvalue weighted by Crippen LogP contribution is -2.69. The Hall–Kier alpha value is -1.95. The normalized spacial score (nSPS) is 23.8. The Bertz CT molecular complexity index is 893. The van der Waals surface area contributed by atoms with Gasteiger partial charge < -0.3 is 14.1 Å². The van der Waals surface area contributed by atoms with Crippen LogP contribution in [0.5, 0.6) is 0 Å². The molecule has 0 aliphatic carbocycles. The molecular weight excluding hydrogens is 414 g/mol. The third-order valence-electron chi connectivity index (χ3n) is 6.81. The minimum atomic E-state index is -2.65. The van der Waals surface area contributed by atoms with Crippen molar-refractivity contribution in [2.45, 2.75) is 70.7 Å². The van der Waals surface area contributed by atoms with Crippen LogP contribution in [0.4, 0.5) is 0 Å². The van der Waals surface area contributed by atoms with Gasteiger partial charge in [0.1, 0.15) is 0 Å². The molecule has 4 nitrogen and oxygen atoms in total. The maximum absolute atomic E-state index is 13.0. The van der Waals surface area contributed by atoms with E-state index in [0.717, 1.165) is 13.0 Å². The van der Waals surface area contributed by atoms with Gasteiger partial charge in [0.15, 0.2) is 0 Å². The molecule has 172 valence electrons. The Morgan fingerprint density at radius 2 is 1.44 bits per heavy atom. The minimum Gasteiger partial charge on any atom is -0.407 e. The summed E-state index contributed by atoms with van der Waals surface area (Å²) < 4.78 is 13.4. The zero-order valence-electron chi connectivity index (χ0n) is 20.3. The molecule has 0 radical (unpaired) electrons. The molecule has 5 heteroatoms. The third kappa shape index (κ3) is 4.06. The van der Waals surface area contributed by atoms with Crippen molar-refractivity contribution in [3.05, 3.63) is 60.7 Å². The summed E-state index contributed by atoms with van der Waals surface area (Å²) in [4.78, 5) is 15.0. The van der Waals surface area contributed by atoms with Gasteiger partial charge in [0.2, 0.25) is 5.91 Å². The lowest BCUT2D eigenvalue weighted by atomic mass is 9.87. The molecule has 2 aliphatic rings. The zero-order valence-corrected chi connectivity index (χ0v) is 21.3. The van der Waals surface area contributed by atoms with Crippen LogP contribution < -0.4 is 10.4 Å². The van der Waals surface area contributed by atoms with Crippen LogP contribution in [-0.4, -0.2) is 50.0 Å². The number of β-lactam (4-membered cyclic amide) rings is 1. The maximum Gasteiger partial charge on any atom is 0.261 e. The van der Waals surface area contributed by atoms with Gasteiger partial charge in [-0.1, -0.05) is 81.4 Å². The van der Waals surface area contributed by atoms with Gasteiger partial charge in [-0.15, -0.1) is 0 Å². The number of carbonyl (C=O) groups is 1. The molecule has 1 amide bonds. The summed E-state index contributed by atoms with van der Waals surface area (Å²) in [5.74, 6) is 0.0828. The molecule has 0 unspecified atom stereocenters. The van der Waals surface area contributed by atoms with E-state index in [2.05, 4.69) is 102 Å². The average molecular weight is 452 g/mol. The molecule has 0 spiro atoms. The molecule has 0 bridgehead atoms. The Labute approximate surface area is 194 Å². The van der Waals surface area contributed by atoms with Crippen LogP contribution in [-0.2, 0) is 14.0 Å². The van der Waals surface area contributed by atoms with Gasteiger partial charge in [0.05, 0.1) is 23.7 Å². The first-order valence-electron chi connectivity index (χ1n) is 11.8. The fourth-order valence-corrected chi connectivity index (χ4v) is 10.1. The maximum atomic E-state index is 13.0.